The zero-order valence-corrected chi connectivity index (χ0v) is 16.9. The molecule has 1 heterocycles. The monoisotopic (exact) mass is 410 g/mol. The van der Waals surface area contributed by atoms with Crippen molar-refractivity contribution in [1.29, 1.82) is 0 Å². The first-order valence-electron chi connectivity index (χ1n) is 9.31. The van der Waals surface area contributed by atoms with Crippen LogP contribution in [0.3, 0.4) is 0 Å². The predicted octanol–water partition coefficient (Wildman–Crippen LogP) is 3.85. The summed E-state index contributed by atoms with van der Waals surface area (Å²) in [6.07, 6.45) is 0. The van der Waals surface area contributed by atoms with Gasteiger partial charge in [0.05, 0.1) is 19.3 Å². The molecule has 0 atom stereocenters. The maximum absolute atomic E-state index is 12.2. The van der Waals surface area contributed by atoms with E-state index < -0.39 is 18.5 Å². The third kappa shape index (κ3) is 5.16. The maximum Gasteiger partial charge on any atom is 0.338 e. The van der Waals surface area contributed by atoms with Gasteiger partial charge in [-0.1, -0.05) is 35.0 Å². The first-order chi connectivity index (χ1) is 14.5. The van der Waals surface area contributed by atoms with Crippen molar-refractivity contribution in [3.8, 4) is 22.8 Å². The van der Waals surface area contributed by atoms with E-state index in [0.717, 1.165) is 11.1 Å². The van der Waals surface area contributed by atoms with Crippen molar-refractivity contribution >= 4 is 17.8 Å². The minimum absolute atomic E-state index is 0.162. The molecule has 1 aromatic heterocycles. The fourth-order valence-corrected chi connectivity index (χ4v) is 2.65. The molecule has 8 heteroatoms. The van der Waals surface area contributed by atoms with Crippen LogP contribution in [0, 0.1) is 6.92 Å². The molecule has 3 rings (SSSR count). The van der Waals surface area contributed by atoms with Gasteiger partial charge in [0.15, 0.2) is 18.1 Å². The van der Waals surface area contributed by atoms with Crippen LogP contribution in [0.15, 0.2) is 53.1 Å². The lowest BCUT2D eigenvalue weighted by Crippen LogP contribution is -2.20. The Morgan fingerprint density at radius 2 is 1.83 bits per heavy atom. The first kappa shape index (κ1) is 20.9. The van der Waals surface area contributed by atoms with Gasteiger partial charge in [0, 0.05) is 11.6 Å². The molecule has 0 aliphatic rings. The van der Waals surface area contributed by atoms with E-state index in [2.05, 4.69) is 10.5 Å². The van der Waals surface area contributed by atoms with Crippen LogP contribution in [0.5, 0.6) is 11.5 Å². The molecule has 0 bridgehead atoms. The third-order valence-corrected chi connectivity index (χ3v) is 4.15. The standard InChI is InChI=1S/C22H22N2O6/c1-4-28-19-11-16(9-10-18(19)27-3)22(26)29-13-20(25)23-21-12-17(24-30-21)15-7-5-14(2)6-8-15/h5-12H,4,13H2,1-3H3,(H,23,25). The lowest BCUT2D eigenvalue weighted by molar-refractivity contribution is -0.119. The Balaban J connectivity index is 1.56. The van der Waals surface area contributed by atoms with E-state index in [1.165, 1.54) is 19.2 Å². The number of carbonyl (C=O) groups excluding carboxylic acids is 2. The third-order valence-electron chi connectivity index (χ3n) is 4.15. The predicted molar refractivity (Wildman–Crippen MR) is 110 cm³/mol. The lowest BCUT2D eigenvalue weighted by Gasteiger charge is -2.10. The van der Waals surface area contributed by atoms with E-state index in [1.54, 1.807) is 12.1 Å². The number of rotatable bonds is 8. The van der Waals surface area contributed by atoms with Crippen LogP contribution in [0.25, 0.3) is 11.3 Å². The number of carbonyl (C=O) groups is 2. The summed E-state index contributed by atoms with van der Waals surface area (Å²) in [5.41, 5.74) is 2.82. The van der Waals surface area contributed by atoms with E-state index in [0.29, 0.717) is 23.8 Å². The minimum atomic E-state index is -0.660. The molecule has 2 aromatic carbocycles. The number of amides is 1. The fourth-order valence-electron chi connectivity index (χ4n) is 2.65. The summed E-state index contributed by atoms with van der Waals surface area (Å²) in [4.78, 5) is 24.3. The van der Waals surface area contributed by atoms with Gasteiger partial charge in [-0.25, -0.2) is 4.79 Å². The SMILES string of the molecule is CCOc1cc(C(=O)OCC(=O)Nc2cc(-c3ccc(C)cc3)no2)ccc1OC. The number of ether oxygens (including phenoxy) is 3. The van der Waals surface area contributed by atoms with Crippen LogP contribution < -0.4 is 14.8 Å². The highest BCUT2D eigenvalue weighted by molar-refractivity contribution is 5.95. The molecule has 0 aliphatic heterocycles. The van der Waals surface area contributed by atoms with Gasteiger partial charge < -0.3 is 18.7 Å². The number of hydrogen-bond donors (Lipinski definition) is 1. The molecule has 1 amide bonds. The zero-order chi connectivity index (χ0) is 21.5. The summed E-state index contributed by atoms with van der Waals surface area (Å²) in [7, 11) is 1.51. The quantitative estimate of drug-likeness (QED) is 0.563. The highest BCUT2D eigenvalue weighted by Crippen LogP contribution is 2.28. The summed E-state index contributed by atoms with van der Waals surface area (Å²) >= 11 is 0. The number of nitrogens with zero attached hydrogens (tertiary/aromatic N) is 1. The number of benzene rings is 2. The Morgan fingerprint density at radius 1 is 1.07 bits per heavy atom. The van der Waals surface area contributed by atoms with Gasteiger partial charge in [-0.2, -0.15) is 0 Å². The second-order valence-electron chi connectivity index (χ2n) is 6.37. The largest absolute Gasteiger partial charge is 0.493 e. The molecule has 0 spiro atoms. The van der Waals surface area contributed by atoms with Gasteiger partial charge in [0.2, 0.25) is 5.88 Å². The number of aryl methyl sites for hydroxylation is 1. The molecule has 0 saturated heterocycles. The number of nitrogens with one attached hydrogen (secondary N) is 1. The fraction of sp³-hybridized carbons (Fsp3) is 0.227. The highest BCUT2D eigenvalue weighted by Gasteiger charge is 2.15. The Labute approximate surface area is 173 Å². The second kappa shape index (κ2) is 9.60. The average molecular weight is 410 g/mol. The van der Waals surface area contributed by atoms with Crippen LogP contribution in [-0.4, -0.2) is 37.4 Å². The number of aromatic nitrogens is 1. The summed E-state index contributed by atoms with van der Waals surface area (Å²) in [6, 6.07) is 14.0. The molecule has 0 unspecified atom stereocenters. The summed E-state index contributed by atoms with van der Waals surface area (Å²) in [5, 5.41) is 6.44. The van der Waals surface area contributed by atoms with E-state index in [9.17, 15) is 9.59 Å². The molecular weight excluding hydrogens is 388 g/mol. The molecular formula is C22H22N2O6. The van der Waals surface area contributed by atoms with Gasteiger partial charge in [0.1, 0.15) is 5.69 Å². The van der Waals surface area contributed by atoms with Crippen molar-refractivity contribution in [2.75, 3.05) is 25.6 Å². The second-order valence-corrected chi connectivity index (χ2v) is 6.37. The Morgan fingerprint density at radius 3 is 2.53 bits per heavy atom. The van der Waals surface area contributed by atoms with E-state index in [-0.39, 0.29) is 11.4 Å². The lowest BCUT2D eigenvalue weighted by atomic mass is 10.1. The zero-order valence-electron chi connectivity index (χ0n) is 16.9. The molecule has 0 saturated carbocycles. The normalized spacial score (nSPS) is 10.4. The van der Waals surface area contributed by atoms with Gasteiger partial charge in [-0.15, -0.1) is 0 Å². The molecule has 0 radical (unpaired) electrons. The van der Waals surface area contributed by atoms with Crippen molar-refractivity contribution in [3.63, 3.8) is 0 Å². The minimum Gasteiger partial charge on any atom is -0.493 e. The number of esters is 1. The summed E-state index contributed by atoms with van der Waals surface area (Å²) in [6.45, 7) is 3.75. The van der Waals surface area contributed by atoms with Gasteiger partial charge in [0.25, 0.3) is 5.91 Å². The van der Waals surface area contributed by atoms with E-state index in [4.69, 9.17) is 18.7 Å². The van der Waals surface area contributed by atoms with E-state index in [1.807, 2.05) is 38.1 Å². The number of methoxy groups -OCH3 is 1. The molecule has 8 nitrogen and oxygen atoms in total. The molecule has 30 heavy (non-hydrogen) atoms. The highest BCUT2D eigenvalue weighted by atomic mass is 16.5. The summed E-state index contributed by atoms with van der Waals surface area (Å²) in [5.74, 6) is -0.125. The first-order valence-corrected chi connectivity index (χ1v) is 9.31. The van der Waals surface area contributed by atoms with Crippen molar-refractivity contribution in [3.05, 3.63) is 59.7 Å². The number of hydrogen-bond acceptors (Lipinski definition) is 7. The molecule has 3 aromatic rings. The maximum atomic E-state index is 12.2. The summed E-state index contributed by atoms with van der Waals surface area (Å²) < 4.78 is 20.8. The van der Waals surface area contributed by atoms with Gasteiger partial charge in [-0.05, 0) is 32.0 Å². The Hall–Kier alpha value is -3.81. The van der Waals surface area contributed by atoms with Crippen molar-refractivity contribution in [1.82, 2.24) is 5.16 Å². The van der Waals surface area contributed by atoms with E-state index >= 15 is 0 Å². The van der Waals surface area contributed by atoms with Crippen LogP contribution in [0.1, 0.15) is 22.8 Å². The number of anilines is 1. The van der Waals surface area contributed by atoms with Crippen LogP contribution >= 0.6 is 0 Å². The average Bonchev–Trinajstić information content (AvgIpc) is 3.21. The van der Waals surface area contributed by atoms with Gasteiger partial charge >= 0.3 is 5.97 Å². The molecule has 156 valence electrons. The topological polar surface area (TPSA) is 99.9 Å². The molecule has 0 aliphatic carbocycles. The van der Waals surface area contributed by atoms with Crippen molar-refractivity contribution in [2.24, 2.45) is 0 Å². The Kier molecular flexibility index (Phi) is 6.69. The van der Waals surface area contributed by atoms with Crippen molar-refractivity contribution in [2.45, 2.75) is 13.8 Å². The van der Waals surface area contributed by atoms with Crippen molar-refractivity contribution < 1.29 is 28.3 Å². The molecule has 1 N–H and O–H groups in total. The van der Waals surface area contributed by atoms with Gasteiger partial charge in [-0.3, -0.25) is 10.1 Å². The molecule has 0 fully saturated rings. The van der Waals surface area contributed by atoms with Crippen LogP contribution in [0.2, 0.25) is 0 Å². The van der Waals surface area contributed by atoms with Crippen LogP contribution in [0.4, 0.5) is 5.88 Å². The smallest absolute Gasteiger partial charge is 0.338 e. The van der Waals surface area contributed by atoms with Crippen LogP contribution in [-0.2, 0) is 9.53 Å². The Bertz CT molecular complexity index is 1030.